The maximum atomic E-state index is 12.3. The average molecular weight is 461 g/mol. The zero-order valence-corrected chi connectivity index (χ0v) is 19.5. The second-order valence-electron chi connectivity index (χ2n) is 8.52. The van der Waals surface area contributed by atoms with Crippen molar-refractivity contribution in [1.82, 2.24) is 5.32 Å². The van der Waals surface area contributed by atoms with E-state index in [1.165, 1.54) is 22.3 Å². The van der Waals surface area contributed by atoms with Crippen molar-refractivity contribution in [3.63, 3.8) is 0 Å². The Morgan fingerprint density at radius 2 is 1.40 bits per heavy atom. The fourth-order valence-electron chi connectivity index (χ4n) is 4.55. The minimum atomic E-state index is -0.383. The van der Waals surface area contributed by atoms with Gasteiger partial charge in [0.05, 0.1) is 0 Å². The Hall–Kier alpha value is -4.31. The summed E-state index contributed by atoms with van der Waals surface area (Å²) in [7, 11) is 0. The van der Waals surface area contributed by atoms with E-state index in [0.29, 0.717) is 19.6 Å². The van der Waals surface area contributed by atoms with Crippen LogP contribution in [-0.4, -0.2) is 19.2 Å². The highest BCUT2D eigenvalue weighted by Gasteiger charge is 2.28. The van der Waals surface area contributed by atoms with Crippen molar-refractivity contribution in [2.45, 2.75) is 12.3 Å². The van der Waals surface area contributed by atoms with Crippen LogP contribution in [0.25, 0.3) is 17.2 Å². The molecular formula is C31H28N2O2. The van der Waals surface area contributed by atoms with Crippen LogP contribution in [0, 0.1) is 0 Å². The summed E-state index contributed by atoms with van der Waals surface area (Å²) in [6, 6.07) is 35.0. The van der Waals surface area contributed by atoms with Gasteiger partial charge in [-0.1, -0.05) is 97.1 Å². The quantitative estimate of drug-likeness (QED) is 0.270. The first-order chi connectivity index (χ1) is 17.3. The Kier molecular flexibility index (Phi) is 6.90. The van der Waals surface area contributed by atoms with Crippen molar-refractivity contribution >= 4 is 23.5 Å². The van der Waals surface area contributed by atoms with Gasteiger partial charge in [0.15, 0.2) is 0 Å². The van der Waals surface area contributed by atoms with Crippen molar-refractivity contribution in [2.75, 3.05) is 18.5 Å². The molecule has 0 aliphatic heterocycles. The van der Waals surface area contributed by atoms with E-state index in [2.05, 4.69) is 71.3 Å². The molecule has 2 N–H and O–H groups in total. The molecule has 0 radical (unpaired) electrons. The Morgan fingerprint density at radius 1 is 0.771 bits per heavy atom. The second kappa shape index (κ2) is 10.7. The molecule has 0 aromatic heterocycles. The third-order valence-corrected chi connectivity index (χ3v) is 6.24. The summed E-state index contributed by atoms with van der Waals surface area (Å²) >= 11 is 0. The molecule has 4 heteroatoms. The zero-order chi connectivity index (χ0) is 23.9. The second-order valence-corrected chi connectivity index (χ2v) is 8.52. The van der Waals surface area contributed by atoms with Crippen molar-refractivity contribution in [1.29, 1.82) is 0 Å². The molecule has 4 aromatic carbocycles. The van der Waals surface area contributed by atoms with Gasteiger partial charge in [-0.15, -0.1) is 0 Å². The average Bonchev–Trinajstić information content (AvgIpc) is 3.22. The molecule has 1 aliphatic carbocycles. The molecular weight excluding hydrogens is 432 g/mol. The van der Waals surface area contributed by atoms with E-state index in [0.717, 1.165) is 16.9 Å². The van der Waals surface area contributed by atoms with Crippen molar-refractivity contribution in [2.24, 2.45) is 0 Å². The van der Waals surface area contributed by atoms with Crippen LogP contribution >= 0.6 is 0 Å². The number of anilines is 2. The number of carbonyl (C=O) groups is 1. The van der Waals surface area contributed by atoms with E-state index in [1.54, 1.807) is 0 Å². The predicted octanol–water partition coefficient (Wildman–Crippen LogP) is 7.37. The summed E-state index contributed by atoms with van der Waals surface area (Å²) in [4.78, 5) is 12.3. The fraction of sp³-hybridized carbons (Fsp3) is 0.129. The van der Waals surface area contributed by atoms with Gasteiger partial charge in [0.1, 0.15) is 6.61 Å². The molecule has 4 nitrogen and oxygen atoms in total. The molecule has 5 rings (SSSR count). The molecule has 0 heterocycles. The van der Waals surface area contributed by atoms with E-state index >= 15 is 0 Å². The first-order valence-corrected chi connectivity index (χ1v) is 12.0. The number of rotatable bonds is 8. The molecule has 0 spiro atoms. The lowest BCUT2D eigenvalue weighted by atomic mass is 9.98. The zero-order valence-electron chi connectivity index (χ0n) is 19.5. The molecule has 174 valence electrons. The molecule has 35 heavy (non-hydrogen) atoms. The highest BCUT2D eigenvalue weighted by atomic mass is 16.5. The van der Waals surface area contributed by atoms with Gasteiger partial charge < -0.3 is 15.4 Å². The molecule has 0 saturated heterocycles. The van der Waals surface area contributed by atoms with Crippen LogP contribution in [0.1, 0.15) is 29.0 Å². The van der Waals surface area contributed by atoms with Crippen LogP contribution in [0.2, 0.25) is 0 Å². The molecule has 0 atom stereocenters. The fourth-order valence-corrected chi connectivity index (χ4v) is 4.55. The Bertz CT molecular complexity index is 1290. The Balaban J connectivity index is 1.11. The molecule has 1 amide bonds. The molecule has 0 unspecified atom stereocenters. The van der Waals surface area contributed by atoms with E-state index in [4.69, 9.17) is 4.74 Å². The number of nitrogens with one attached hydrogen (secondary N) is 2. The number of ether oxygens (including phenoxy) is 1. The van der Waals surface area contributed by atoms with Crippen molar-refractivity contribution < 1.29 is 9.53 Å². The molecule has 0 fully saturated rings. The summed E-state index contributed by atoms with van der Waals surface area (Å²) in [5.74, 6) is 0.0710. The number of benzene rings is 4. The van der Waals surface area contributed by atoms with Gasteiger partial charge in [-0.05, 0) is 52.4 Å². The number of carbonyl (C=O) groups excluding carboxylic acids is 1. The van der Waals surface area contributed by atoms with Gasteiger partial charge in [0.25, 0.3) is 0 Å². The Morgan fingerprint density at radius 3 is 2.14 bits per heavy atom. The summed E-state index contributed by atoms with van der Waals surface area (Å²) in [5.41, 5.74) is 8.06. The van der Waals surface area contributed by atoms with Gasteiger partial charge in [-0.2, -0.15) is 0 Å². The molecule has 4 aromatic rings. The third-order valence-electron chi connectivity index (χ3n) is 6.24. The van der Waals surface area contributed by atoms with Gasteiger partial charge >= 0.3 is 6.09 Å². The minimum Gasteiger partial charge on any atom is -0.449 e. The van der Waals surface area contributed by atoms with E-state index in [-0.39, 0.29) is 12.0 Å². The maximum absolute atomic E-state index is 12.3. The summed E-state index contributed by atoms with van der Waals surface area (Å²) in [5, 5.41) is 6.32. The maximum Gasteiger partial charge on any atom is 0.407 e. The number of hydrogen-bond acceptors (Lipinski definition) is 3. The molecule has 0 saturated carbocycles. The Labute approximate surface area is 206 Å². The number of fused-ring (bicyclic) bond motifs is 3. The first-order valence-electron chi connectivity index (χ1n) is 12.0. The van der Waals surface area contributed by atoms with E-state index < -0.39 is 0 Å². The standard InChI is InChI=1S/C31H28N2O2/c34-31(35-22-29-27-18-7-5-16-25(27)26-17-6-8-19-28(26)29)32-21-11-10-13-23-12-4-9-20-30(23)33-24-14-2-1-3-15-24/h1-10,12-20,29,33H,11,21-22H2,(H,32,34). The van der Waals surface area contributed by atoms with Gasteiger partial charge in [-0.3, -0.25) is 0 Å². The van der Waals surface area contributed by atoms with Gasteiger partial charge in [0, 0.05) is 23.8 Å². The van der Waals surface area contributed by atoms with E-state index in [9.17, 15) is 4.79 Å². The lowest BCUT2D eigenvalue weighted by Gasteiger charge is -2.14. The minimum absolute atomic E-state index is 0.0710. The van der Waals surface area contributed by atoms with E-state index in [1.807, 2.05) is 54.6 Å². The number of amides is 1. The monoisotopic (exact) mass is 460 g/mol. The molecule has 1 aliphatic rings. The summed E-state index contributed by atoms with van der Waals surface area (Å²) < 4.78 is 5.61. The smallest absolute Gasteiger partial charge is 0.407 e. The topological polar surface area (TPSA) is 50.4 Å². The highest BCUT2D eigenvalue weighted by molar-refractivity contribution is 5.79. The summed E-state index contributed by atoms with van der Waals surface area (Å²) in [6.07, 6.45) is 4.47. The van der Waals surface area contributed by atoms with Crippen LogP contribution in [-0.2, 0) is 4.74 Å². The van der Waals surface area contributed by atoms with Crippen molar-refractivity contribution in [3.05, 3.63) is 126 Å². The number of hydrogen-bond donors (Lipinski definition) is 2. The van der Waals surface area contributed by atoms with Crippen LogP contribution in [0.15, 0.2) is 109 Å². The van der Waals surface area contributed by atoms with Crippen LogP contribution in [0.4, 0.5) is 16.2 Å². The normalized spacial score (nSPS) is 12.2. The van der Waals surface area contributed by atoms with Gasteiger partial charge in [0.2, 0.25) is 0 Å². The first kappa shape index (κ1) is 22.5. The number of para-hydroxylation sites is 2. The van der Waals surface area contributed by atoms with Gasteiger partial charge in [-0.25, -0.2) is 4.79 Å². The lowest BCUT2D eigenvalue weighted by Crippen LogP contribution is -2.26. The van der Waals surface area contributed by atoms with Crippen molar-refractivity contribution in [3.8, 4) is 11.1 Å². The van der Waals surface area contributed by atoms with Crippen LogP contribution in [0.5, 0.6) is 0 Å². The SMILES string of the molecule is O=C(NCCC=Cc1ccccc1Nc1ccccc1)OCC1c2ccccc2-c2ccccc21. The number of alkyl carbamates (subject to hydrolysis) is 1. The molecule has 0 bridgehead atoms. The van der Waals surface area contributed by atoms with Crippen LogP contribution in [0.3, 0.4) is 0 Å². The largest absolute Gasteiger partial charge is 0.449 e. The predicted molar refractivity (Wildman–Crippen MR) is 143 cm³/mol. The summed E-state index contributed by atoms with van der Waals surface area (Å²) in [6.45, 7) is 0.843. The third kappa shape index (κ3) is 5.28. The van der Waals surface area contributed by atoms with Crippen LogP contribution < -0.4 is 10.6 Å². The highest BCUT2D eigenvalue weighted by Crippen LogP contribution is 2.44. The lowest BCUT2D eigenvalue weighted by molar-refractivity contribution is 0.143.